The third-order valence-corrected chi connectivity index (χ3v) is 2.89. The van der Waals surface area contributed by atoms with Gasteiger partial charge in [0.2, 0.25) is 0 Å². The van der Waals surface area contributed by atoms with Crippen LogP contribution in [0.25, 0.3) is 0 Å². The lowest BCUT2D eigenvalue weighted by Crippen LogP contribution is -2.20. The molecule has 8 nitrogen and oxygen atoms in total. The van der Waals surface area contributed by atoms with Crippen molar-refractivity contribution in [1.29, 1.82) is 0 Å². The number of hydrogen-bond acceptors (Lipinski definition) is 6. The highest BCUT2D eigenvalue weighted by Gasteiger charge is 2.12. The Morgan fingerprint density at radius 1 is 1.09 bits per heavy atom. The van der Waals surface area contributed by atoms with Gasteiger partial charge in [-0.15, -0.1) is 0 Å². The fourth-order valence-electron chi connectivity index (χ4n) is 1.77. The number of benzene rings is 1. The van der Waals surface area contributed by atoms with E-state index in [-0.39, 0.29) is 0 Å². The van der Waals surface area contributed by atoms with E-state index < -0.39 is 12.0 Å². The molecule has 0 aliphatic carbocycles. The van der Waals surface area contributed by atoms with Crippen molar-refractivity contribution in [2.24, 2.45) is 0 Å². The van der Waals surface area contributed by atoms with Gasteiger partial charge in [-0.2, -0.15) is 0 Å². The van der Waals surface area contributed by atoms with Crippen molar-refractivity contribution in [1.82, 2.24) is 9.97 Å². The van der Waals surface area contributed by atoms with E-state index in [9.17, 15) is 9.59 Å². The number of carbonyl (C=O) groups is 2. The van der Waals surface area contributed by atoms with Crippen LogP contribution in [0.4, 0.5) is 16.3 Å². The largest absolute Gasteiger partial charge is 0.495 e. The number of esters is 1. The van der Waals surface area contributed by atoms with Crippen molar-refractivity contribution >= 4 is 23.5 Å². The molecule has 0 atom stereocenters. The number of ether oxygens (including phenoxy) is 2. The number of hydrogen-bond donors (Lipinski definition) is 2. The Labute approximate surface area is 132 Å². The highest BCUT2D eigenvalue weighted by molar-refractivity contribution is 6.00. The number of amides is 2. The molecule has 2 rings (SSSR count). The maximum absolute atomic E-state index is 12.0. The van der Waals surface area contributed by atoms with Crippen LogP contribution in [0.3, 0.4) is 0 Å². The first-order valence-corrected chi connectivity index (χ1v) is 6.66. The third kappa shape index (κ3) is 4.16. The first-order valence-electron chi connectivity index (χ1n) is 6.66. The minimum Gasteiger partial charge on any atom is -0.495 e. The molecule has 1 aromatic heterocycles. The minimum absolute atomic E-state index is 0.318. The van der Waals surface area contributed by atoms with E-state index in [1.54, 1.807) is 19.2 Å². The van der Waals surface area contributed by atoms with Crippen LogP contribution in [0.1, 0.15) is 16.1 Å². The number of aromatic nitrogens is 2. The van der Waals surface area contributed by atoms with Gasteiger partial charge < -0.3 is 14.8 Å². The summed E-state index contributed by atoms with van der Waals surface area (Å²) in [6, 6.07) is 4.04. The maximum atomic E-state index is 12.0. The number of urea groups is 1. The smallest absolute Gasteiger partial charge is 0.337 e. The monoisotopic (exact) mass is 316 g/mol. The van der Waals surface area contributed by atoms with Gasteiger partial charge in [0.05, 0.1) is 43.6 Å². The zero-order chi connectivity index (χ0) is 16.8. The fraction of sp³-hybridized carbons (Fsp3) is 0.200. The van der Waals surface area contributed by atoms with Gasteiger partial charge in [-0.05, 0) is 25.1 Å². The van der Waals surface area contributed by atoms with Crippen molar-refractivity contribution < 1.29 is 19.1 Å². The van der Waals surface area contributed by atoms with Crippen molar-refractivity contribution in [2.75, 3.05) is 24.9 Å². The Morgan fingerprint density at radius 2 is 1.87 bits per heavy atom. The number of nitrogens with zero attached hydrogens (tertiary/aromatic N) is 2. The van der Waals surface area contributed by atoms with Crippen LogP contribution in [0.2, 0.25) is 0 Å². The van der Waals surface area contributed by atoms with Crippen LogP contribution in [0.5, 0.6) is 5.75 Å². The van der Waals surface area contributed by atoms with Crippen molar-refractivity contribution in [3.05, 3.63) is 41.9 Å². The van der Waals surface area contributed by atoms with Gasteiger partial charge >= 0.3 is 12.0 Å². The minimum atomic E-state index is -0.507. The first kappa shape index (κ1) is 16.2. The average Bonchev–Trinajstić information content (AvgIpc) is 2.56. The second kappa shape index (κ2) is 7.21. The van der Waals surface area contributed by atoms with Crippen LogP contribution >= 0.6 is 0 Å². The summed E-state index contributed by atoms with van der Waals surface area (Å²) in [6.07, 6.45) is 2.99. The van der Waals surface area contributed by atoms with Crippen LogP contribution in [-0.2, 0) is 4.74 Å². The molecule has 23 heavy (non-hydrogen) atoms. The van der Waals surface area contributed by atoms with Gasteiger partial charge in [0.25, 0.3) is 0 Å². The van der Waals surface area contributed by atoms with E-state index in [0.29, 0.717) is 22.8 Å². The van der Waals surface area contributed by atoms with Gasteiger partial charge in [-0.1, -0.05) is 0 Å². The molecule has 8 heteroatoms. The van der Waals surface area contributed by atoms with Gasteiger partial charge in [0.15, 0.2) is 5.82 Å². The molecule has 0 aliphatic rings. The number of rotatable bonds is 4. The highest BCUT2D eigenvalue weighted by Crippen LogP contribution is 2.26. The molecule has 2 aromatic rings. The normalized spacial score (nSPS) is 9.87. The lowest BCUT2D eigenvalue weighted by Gasteiger charge is -2.12. The predicted octanol–water partition coefficient (Wildman–Crippen LogP) is 2.22. The second-order valence-corrected chi connectivity index (χ2v) is 4.53. The van der Waals surface area contributed by atoms with Crippen LogP contribution < -0.4 is 15.4 Å². The Bertz CT molecular complexity index is 716. The maximum Gasteiger partial charge on any atom is 0.337 e. The second-order valence-electron chi connectivity index (χ2n) is 4.53. The topological polar surface area (TPSA) is 102 Å². The van der Waals surface area contributed by atoms with Gasteiger partial charge in [0.1, 0.15) is 5.75 Å². The number of nitrogens with one attached hydrogen (secondary N) is 2. The van der Waals surface area contributed by atoms with Crippen molar-refractivity contribution in [2.45, 2.75) is 6.92 Å². The molecule has 0 radical (unpaired) electrons. The van der Waals surface area contributed by atoms with Crippen LogP contribution in [-0.4, -0.2) is 36.2 Å². The Balaban J connectivity index is 2.10. The standard InChI is InChI=1S/C15H16N4O4/c1-9-7-17-13(8-16-9)19-15(21)18-11-5-4-10(14(20)23-3)6-12(11)22-2/h4-8H,1-3H3,(H2,17,18,19,21). The molecule has 0 aliphatic heterocycles. The molecule has 0 bridgehead atoms. The number of anilines is 2. The summed E-state index contributed by atoms with van der Waals surface area (Å²) >= 11 is 0. The zero-order valence-electron chi connectivity index (χ0n) is 12.9. The van der Waals surface area contributed by atoms with Gasteiger partial charge in [-0.25, -0.2) is 14.6 Å². The first-order chi connectivity index (χ1) is 11.0. The van der Waals surface area contributed by atoms with E-state index in [2.05, 4.69) is 25.3 Å². The van der Waals surface area contributed by atoms with Crippen molar-refractivity contribution in [3.8, 4) is 5.75 Å². The number of methoxy groups -OCH3 is 2. The molecule has 120 valence electrons. The molecule has 2 N–H and O–H groups in total. The van der Waals surface area contributed by atoms with Gasteiger partial charge in [-0.3, -0.25) is 10.3 Å². The molecule has 0 saturated heterocycles. The summed E-state index contributed by atoms with van der Waals surface area (Å²) in [7, 11) is 2.72. The van der Waals surface area contributed by atoms with E-state index in [1.807, 2.05) is 0 Å². The molecule has 0 spiro atoms. The Hall–Kier alpha value is -3.16. The summed E-state index contributed by atoms with van der Waals surface area (Å²) in [4.78, 5) is 31.5. The SMILES string of the molecule is COC(=O)c1ccc(NC(=O)Nc2cnc(C)cn2)c(OC)c1. The third-order valence-electron chi connectivity index (χ3n) is 2.89. The molecule has 0 saturated carbocycles. The van der Waals surface area contributed by atoms with Crippen molar-refractivity contribution in [3.63, 3.8) is 0 Å². The Kier molecular flexibility index (Phi) is 5.08. The Morgan fingerprint density at radius 3 is 2.48 bits per heavy atom. The molecule has 1 heterocycles. The fourth-order valence-corrected chi connectivity index (χ4v) is 1.77. The van der Waals surface area contributed by atoms with Crippen LogP contribution in [0.15, 0.2) is 30.6 Å². The lowest BCUT2D eigenvalue weighted by atomic mass is 10.2. The summed E-state index contributed by atoms with van der Waals surface area (Å²) in [5.74, 6) is 0.158. The highest BCUT2D eigenvalue weighted by atomic mass is 16.5. The quantitative estimate of drug-likeness (QED) is 0.839. The van der Waals surface area contributed by atoms with E-state index >= 15 is 0 Å². The summed E-state index contributed by atoms with van der Waals surface area (Å²) in [5, 5.41) is 5.16. The predicted molar refractivity (Wildman–Crippen MR) is 83.7 cm³/mol. The van der Waals surface area contributed by atoms with E-state index in [4.69, 9.17) is 4.74 Å². The van der Waals surface area contributed by atoms with Crippen LogP contribution in [0, 0.1) is 6.92 Å². The average molecular weight is 316 g/mol. The molecule has 1 aromatic carbocycles. The molecule has 0 fully saturated rings. The van der Waals surface area contributed by atoms with Gasteiger partial charge in [0, 0.05) is 0 Å². The molecular formula is C15H16N4O4. The summed E-state index contributed by atoms with van der Waals surface area (Å²) in [5.41, 5.74) is 1.47. The van der Waals surface area contributed by atoms with E-state index in [0.717, 1.165) is 5.69 Å². The molecule has 2 amide bonds. The number of aryl methyl sites for hydroxylation is 1. The lowest BCUT2D eigenvalue weighted by molar-refractivity contribution is 0.0600. The summed E-state index contributed by atoms with van der Waals surface area (Å²) < 4.78 is 9.81. The van der Waals surface area contributed by atoms with E-state index in [1.165, 1.54) is 32.5 Å². The number of carbonyl (C=O) groups excluding carboxylic acids is 2. The molecular weight excluding hydrogens is 300 g/mol. The zero-order valence-corrected chi connectivity index (χ0v) is 12.9. The molecule has 0 unspecified atom stereocenters. The summed E-state index contributed by atoms with van der Waals surface area (Å²) in [6.45, 7) is 1.80.